The number of halogens is 3. The van der Waals surface area contributed by atoms with Crippen molar-refractivity contribution >= 4 is 24.2 Å². The lowest BCUT2D eigenvalue weighted by Crippen LogP contribution is -2.65. The van der Waals surface area contributed by atoms with Gasteiger partial charge in [0.1, 0.15) is 25.6 Å². The van der Waals surface area contributed by atoms with Gasteiger partial charge in [0.25, 0.3) is 0 Å². The minimum atomic E-state index is -4.58. The Hall–Kier alpha value is -4.39. The molecule has 3 saturated heterocycles. The number of alkyl halides is 3. The van der Waals surface area contributed by atoms with Crippen LogP contribution in [0, 0.1) is 17.2 Å². The molecule has 236 valence electrons. The number of morpholine rings is 1. The second-order valence-corrected chi connectivity index (χ2v) is 11.0. The Morgan fingerprint density at radius 2 is 1.91 bits per heavy atom. The molecule has 3 aliphatic heterocycles. The van der Waals surface area contributed by atoms with Gasteiger partial charge in [-0.1, -0.05) is 12.1 Å². The number of ether oxygens (including phenoxy) is 2. The largest absolute Gasteiger partial charge is 0.554 e. The van der Waals surface area contributed by atoms with Crippen molar-refractivity contribution in [2.45, 2.75) is 38.0 Å². The second kappa shape index (κ2) is 13.1. The minimum absolute atomic E-state index is 0.185. The summed E-state index contributed by atoms with van der Waals surface area (Å²) in [5.74, 6) is -1.59. The molecule has 0 aliphatic carbocycles. The van der Waals surface area contributed by atoms with Gasteiger partial charge in [-0.25, -0.2) is 4.79 Å². The van der Waals surface area contributed by atoms with E-state index in [-0.39, 0.29) is 5.69 Å². The van der Waals surface area contributed by atoms with Gasteiger partial charge < -0.3 is 28.8 Å². The number of likely N-dealkylation sites (N-methyl/N-ethyl adjacent to an activating group) is 1. The molecule has 2 amide bonds. The van der Waals surface area contributed by atoms with E-state index in [1.807, 2.05) is 0 Å². The molecule has 4 atom stereocenters. The summed E-state index contributed by atoms with van der Waals surface area (Å²) < 4.78 is 52.3. The fraction of sp³-hybridized carbons (Fsp3) is 0.448. The summed E-state index contributed by atoms with van der Waals surface area (Å²) in [6.45, 7) is 4.42. The molecule has 0 bridgehead atoms. The molecule has 15 heteroatoms. The number of nitrogens with zero attached hydrogens (tertiary/aromatic N) is 4. The van der Waals surface area contributed by atoms with Gasteiger partial charge in [0.2, 0.25) is 0 Å². The van der Waals surface area contributed by atoms with Crippen molar-refractivity contribution in [3.05, 3.63) is 64.7 Å². The number of methoxy groups -OCH3 is 1. The first-order valence-electron chi connectivity index (χ1n) is 13.8. The Kier molecular flexibility index (Phi) is 9.67. The number of carbonyl (C=O) groups excluding carboxylic acids is 3. The molecule has 0 radical (unpaired) electrons. The lowest BCUT2D eigenvalue weighted by atomic mass is 9.81. The molecule has 2 aromatic carbocycles. The summed E-state index contributed by atoms with van der Waals surface area (Å²) in [7, 11) is 3.34. The number of nitrogens with one attached hydrogen (secondary N) is 2. The minimum Gasteiger partial charge on any atom is -0.554 e. The molecule has 12 nitrogen and oxygen atoms in total. The van der Waals surface area contributed by atoms with E-state index in [9.17, 15) is 28.0 Å². The van der Waals surface area contributed by atoms with Gasteiger partial charge in [-0.15, -0.1) is 0 Å². The molecular weight excluding hydrogens is 585 g/mol. The normalized spacial score (nSPS) is 24.2. The van der Waals surface area contributed by atoms with E-state index in [1.54, 1.807) is 30.0 Å². The Labute approximate surface area is 252 Å². The summed E-state index contributed by atoms with van der Waals surface area (Å²) in [6, 6.07) is 10.1. The van der Waals surface area contributed by atoms with Gasteiger partial charge in [0.15, 0.2) is 6.29 Å². The van der Waals surface area contributed by atoms with Gasteiger partial charge in [-0.05, 0) is 42.8 Å². The van der Waals surface area contributed by atoms with Crippen LogP contribution in [0.25, 0.3) is 0 Å². The first-order chi connectivity index (χ1) is 20.9. The average Bonchev–Trinajstić information content (AvgIpc) is 3.37. The van der Waals surface area contributed by atoms with E-state index in [4.69, 9.17) is 19.4 Å². The fourth-order valence-corrected chi connectivity index (χ4v) is 6.16. The monoisotopic (exact) mass is 618 g/mol. The van der Waals surface area contributed by atoms with Crippen molar-refractivity contribution < 1.29 is 46.6 Å². The Bertz CT molecular complexity index is 1430. The van der Waals surface area contributed by atoms with E-state index in [1.165, 1.54) is 24.1 Å². The van der Waals surface area contributed by atoms with E-state index < -0.39 is 54.5 Å². The third-order valence-corrected chi connectivity index (χ3v) is 8.31. The maximum absolute atomic E-state index is 13.6. The standard InChI is InChI=1S/C28H31F3N6O4.CH2O2/c1-17-23(25(38)40-3)24(22-8-7-18(15-32)13-19(22)16-37(2)9-11-41-12-10-37)36-26(33-34-27(36)39)35(17)21-6-4-5-20(14-21)28(29,30)31;2-1-3/h4-8,13-14,17,23-24,26,33H,9-12,16H2,1-3H3;1H,(H,2,3)/t17?,23?,24-,26?;/m0./s1. The van der Waals surface area contributed by atoms with Gasteiger partial charge >= 0.3 is 18.2 Å². The number of rotatable bonds is 5. The van der Waals surface area contributed by atoms with Crippen LogP contribution in [-0.4, -0.2) is 80.6 Å². The molecule has 3 unspecified atom stereocenters. The van der Waals surface area contributed by atoms with Crippen LogP contribution in [-0.2, 0) is 31.8 Å². The number of hydrogen-bond donors (Lipinski definition) is 2. The topological polar surface area (TPSA) is 147 Å². The number of amides is 2. The zero-order valence-electron chi connectivity index (χ0n) is 24.3. The third-order valence-electron chi connectivity index (χ3n) is 8.31. The lowest BCUT2D eigenvalue weighted by molar-refractivity contribution is -0.929. The van der Waals surface area contributed by atoms with Crippen LogP contribution < -0.4 is 20.9 Å². The summed E-state index contributed by atoms with van der Waals surface area (Å²) in [5.41, 5.74) is 6.73. The zero-order valence-corrected chi connectivity index (χ0v) is 24.3. The predicted molar refractivity (Wildman–Crippen MR) is 147 cm³/mol. The molecule has 3 fully saturated rings. The predicted octanol–water partition coefficient (Wildman–Crippen LogP) is 1.47. The van der Waals surface area contributed by atoms with Crippen molar-refractivity contribution in [1.82, 2.24) is 15.8 Å². The van der Waals surface area contributed by atoms with E-state index >= 15 is 0 Å². The maximum atomic E-state index is 13.6. The maximum Gasteiger partial charge on any atom is 0.416 e. The molecule has 0 aromatic heterocycles. The number of fused-ring (bicyclic) bond motifs is 1. The van der Waals surface area contributed by atoms with Crippen LogP contribution in [0.5, 0.6) is 0 Å². The Balaban J connectivity index is 0.00000141. The highest BCUT2D eigenvalue weighted by Gasteiger charge is 2.55. The number of hydrogen-bond acceptors (Lipinski definition) is 9. The Morgan fingerprint density at radius 1 is 1.23 bits per heavy atom. The smallest absolute Gasteiger partial charge is 0.416 e. The molecule has 3 heterocycles. The van der Waals surface area contributed by atoms with Crippen LogP contribution in [0.4, 0.5) is 23.7 Å². The summed E-state index contributed by atoms with van der Waals surface area (Å²) >= 11 is 0. The van der Waals surface area contributed by atoms with Gasteiger partial charge in [0.05, 0.1) is 50.6 Å². The molecule has 44 heavy (non-hydrogen) atoms. The van der Waals surface area contributed by atoms with Crippen LogP contribution in [0.1, 0.15) is 35.2 Å². The average molecular weight is 619 g/mol. The van der Waals surface area contributed by atoms with Crippen molar-refractivity contribution in [1.29, 1.82) is 5.26 Å². The molecule has 0 spiro atoms. The molecule has 2 aromatic rings. The number of hydrazine groups is 1. The Morgan fingerprint density at radius 3 is 2.52 bits per heavy atom. The number of quaternary nitrogens is 1. The molecule has 2 N–H and O–H groups in total. The van der Waals surface area contributed by atoms with Crippen molar-refractivity contribution in [3.8, 4) is 6.07 Å². The van der Waals surface area contributed by atoms with Crippen molar-refractivity contribution in [2.24, 2.45) is 5.92 Å². The van der Waals surface area contributed by atoms with Crippen LogP contribution >= 0.6 is 0 Å². The molecule has 3 aliphatic rings. The fourth-order valence-electron chi connectivity index (χ4n) is 6.16. The number of nitriles is 1. The highest BCUT2D eigenvalue weighted by Crippen LogP contribution is 2.45. The van der Waals surface area contributed by atoms with E-state index in [2.05, 4.69) is 24.0 Å². The van der Waals surface area contributed by atoms with Crippen molar-refractivity contribution in [3.63, 3.8) is 0 Å². The van der Waals surface area contributed by atoms with E-state index in [0.29, 0.717) is 35.4 Å². The number of esters is 1. The van der Waals surface area contributed by atoms with Gasteiger partial charge in [-0.3, -0.25) is 15.1 Å². The number of benzene rings is 2. The van der Waals surface area contributed by atoms with Crippen molar-refractivity contribution in [2.75, 3.05) is 45.4 Å². The summed E-state index contributed by atoms with van der Waals surface area (Å²) in [5, 5.41) is 17.9. The van der Waals surface area contributed by atoms with E-state index in [0.717, 1.165) is 30.8 Å². The quantitative estimate of drug-likeness (QED) is 0.289. The molecule has 0 saturated carbocycles. The second-order valence-electron chi connectivity index (χ2n) is 11.0. The third kappa shape index (κ3) is 6.42. The van der Waals surface area contributed by atoms with Gasteiger partial charge in [-0.2, -0.15) is 23.9 Å². The van der Waals surface area contributed by atoms with Crippen LogP contribution in [0.15, 0.2) is 42.5 Å². The SMILES string of the molecule is COC(=O)C1C(C)N(c2cccc(C(F)(F)F)c2)C2NNC(=O)N2[C@H]1c1ccc(C#N)cc1C[N+]1(C)CCOCC1.O=C[O-]. The number of carboxylic acid groups (broad SMARTS) is 1. The molecular formula is C29H33F3N6O6. The lowest BCUT2D eigenvalue weighted by Gasteiger charge is -2.52. The van der Waals surface area contributed by atoms with Crippen LogP contribution in [0.3, 0.4) is 0 Å². The molecule has 5 rings (SSSR count). The number of carbonyl (C=O) groups is 3. The number of anilines is 1. The van der Waals surface area contributed by atoms with Crippen LogP contribution in [0.2, 0.25) is 0 Å². The zero-order chi connectivity index (χ0) is 32.2. The summed E-state index contributed by atoms with van der Waals surface area (Å²) in [6.07, 6.45) is -5.49. The highest BCUT2D eigenvalue weighted by molar-refractivity contribution is 5.82. The number of urea groups is 1. The van der Waals surface area contributed by atoms with Gasteiger partial charge in [0, 0.05) is 23.8 Å². The first-order valence-corrected chi connectivity index (χ1v) is 13.8. The highest BCUT2D eigenvalue weighted by atomic mass is 19.4. The summed E-state index contributed by atoms with van der Waals surface area (Å²) in [4.78, 5) is 38.1. The first kappa shape index (κ1) is 32.5.